The van der Waals surface area contributed by atoms with Gasteiger partial charge in [-0.3, -0.25) is 4.98 Å². The first-order chi connectivity index (χ1) is 9.02. The van der Waals surface area contributed by atoms with Crippen molar-refractivity contribution in [2.75, 3.05) is 7.11 Å². The van der Waals surface area contributed by atoms with E-state index in [0.29, 0.717) is 12.3 Å². The Morgan fingerprint density at radius 1 is 1.47 bits per heavy atom. The SMILES string of the molecule is COc1c(C(O)Cc2ccc(Br)cn2)c(C)nn1C. The summed E-state index contributed by atoms with van der Waals surface area (Å²) in [5.41, 5.74) is 2.31. The molecule has 2 aromatic heterocycles. The molecule has 2 rings (SSSR count). The highest BCUT2D eigenvalue weighted by Gasteiger charge is 2.22. The molecule has 0 aliphatic rings. The number of hydrogen-bond acceptors (Lipinski definition) is 4. The van der Waals surface area contributed by atoms with Gasteiger partial charge < -0.3 is 9.84 Å². The summed E-state index contributed by atoms with van der Waals surface area (Å²) in [5.74, 6) is 0.585. The quantitative estimate of drug-likeness (QED) is 0.935. The molecule has 2 aromatic rings. The summed E-state index contributed by atoms with van der Waals surface area (Å²) < 4.78 is 7.83. The van der Waals surface area contributed by atoms with Crippen LogP contribution in [0.3, 0.4) is 0 Å². The van der Waals surface area contributed by atoms with Gasteiger partial charge in [0.1, 0.15) is 0 Å². The predicted octanol–water partition coefficient (Wildman–Crippen LogP) is 2.17. The van der Waals surface area contributed by atoms with Crippen LogP contribution in [0.1, 0.15) is 23.1 Å². The minimum absolute atomic E-state index is 0.427. The number of nitrogens with zero attached hydrogens (tertiary/aromatic N) is 3. The van der Waals surface area contributed by atoms with Gasteiger partial charge in [-0.1, -0.05) is 0 Å². The molecule has 0 aliphatic carbocycles. The minimum atomic E-state index is -0.683. The Labute approximate surface area is 120 Å². The average Bonchev–Trinajstić information content (AvgIpc) is 2.66. The van der Waals surface area contributed by atoms with Crippen molar-refractivity contribution in [3.8, 4) is 5.88 Å². The van der Waals surface area contributed by atoms with Crippen LogP contribution in [0.4, 0.5) is 0 Å². The lowest BCUT2D eigenvalue weighted by Crippen LogP contribution is -2.06. The third-order valence-electron chi connectivity index (χ3n) is 2.93. The molecule has 19 heavy (non-hydrogen) atoms. The standard InChI is InChI=1S/C13H16BrN3O2/c1-8-12(13(19-3)17(2)16-8)11(18)6-10-5-4-9(14)7-15-10/h4-5,7,11,18H,6H2,1-3H3. The lowest BCUT2D eigenvalue weighted by Gasteiger charge is -2.12. The van der Waals surface area contributed by atoms with Crippen molar-refractivity contribution in [3.05, 3.63) is 39.8 Å². The molecule has 2 heterocycles. The minimum Gasteiger partial charge on any atom is -0.481 e. The molecule has 0 saturated heterocycles. The van der Waals surface area contributed by atoms with Crippen LogP contribution in [0.5, 0.6) is 5.88 Å². The number of hydrogen-bond donors (Lipinski definition) is 1. The van der Waals surface area contributed by atoms with Crippen LogP contribution in [0.15, 0.2) is 22.8 Å². The summed E-state index contributed by atoms with van der Waals surface area (Å²) in [7, 11) is 3.37. The number of methoxy groups -OCH3 is 1. The zero-order valence-electron chi connectivity index (χ0n) is 11.1. The number of aromatic nitrogens is 3. The molecule has 0 spiro atoms. The number of halogens is 1. The molecule has 0 saturated carbocycles. The third kappa shape index (κ3) is 2.96. The molecule has 1 atom stereocenters. The average molecular weight is 326 g/mol. The van der Waals surface area contributed by atoms with Crippen LogP contribution in [-0.2, 0) is 13.5 Å². The number of aliphatic hydroxyl groups excluding tert-OH is 1. The fraction of sp³-hybridized carbons (Fsp3) is 0.385. The fourth-order valence-electron chi connectivity index (χ4n) is 2.11. The lowest BCUT2D eigenvalue weighted by atomic mass is 10.1. The molecule has 0 fully saturated rings. The van der Waals surface area contributed by atoms with E-state index in [1.165, 1.54) is 0 Å². The first-order valence-corrected chi connectivity index (χ1v) is 6.68. The zero-order chi connectivity index (χ0) is 14.0. The van der Waals surface area contributed by atoms with E-state index in [9.17, 15) is 5.11 Å². The lowest BCUT2D eigenvalue weighted by molar-refractivity contribution is 0.171. The maximum absolute atomic E-state index is 10.4. The molecule has 1 unspecified atom stereocenters. The maximum atomic E-state index is 10.4. The molecule has 0 radical (unpaired) electrons. The van der Waals surface area contributed by atoms with Crippen LogP contribution >= 0.6 is 15.9 Å². The van der Waals surface area contributed by atoms with Gasteiger partial charge in [0.25, 0.3) is 0 Å². The number of aryl methyl sites for hydroxylation is 2. The Kier molecular flexibility index (Phi) is 4.21. The molecule has 6 heteroatoms. The van der Waals surface area contributed by atoms with E-state index >= 15 is 0 Å². The molecule has 0 amide bonds. The first-order valence-electron chi connectivity index (χ1n) is 5.89. The topological polar surface area (TPSA) is 60.2 Å². The highest BCUT2D eigenvalue weighted by molar-refractivity contribution is 9.10. The van der Waals surface area contributed by atoms with Crippen molar-refractivity contribution in [1.82, 2.24) is 14.8 Å². The Balaban J connectivity index is 2.24. The van der Waals surface area contributed by atoms with Gasteiger partial charge in [-0.2, -0.15) is 5.10 Å². The van der Waals surface area contributed by atoms with E-state index in [4.69, 9.17) is 4.74 Å². The Bertz CT molecular complexity index is 566. The molecular formula is C13H16BrN3O2. The van der Waals surface area contributed by atoms with E-state index in [-0.39, 0.29) is 0 Å². The van der Waals surface area contributed by atoms with Crippen molar-refractivity contribution >= 4 is 15.9 Å². The van der Waals surface area contributed by atoms with Gasteiger partial charge in [0, 0.05) is 29.8 Å². The second kappa shape index (κ2) is 5.71. The normalized spacial score (nSPS) is 12.5. The van der Waals surface area contributed by atoms with Gasteiger partial charge in [0.2, 0.25) is 5.88 Å². The van der Waals surface area contributed by atoms with E-state index in [0.717, 1.165) is 21.4 Å². The second-order valence-corrected chi connectivity index (χ2v) is 5.24. The molecular weight excluding hydrogens is 310 g/mol. The smallest absolute Gasteiger partial charge is 0.217 e. The summed E-state index contributed by atoms with van der Waals surface area (Å²) in [6.07, 6.45) is 1.46. The van der Waals surface area contributed by atoms with Crippen LogP contribution in [0, 0.1) is 6.92 Å². The molecule has 1 N–H and O–H groups in total. The maximum Gasteiger partial charge on any atom is 0.217 e. The van der Waals surface area contributed by atoms with Gasteiger partial charge in [-0.05, 0) is 35.0 Å². The van der Waals surface area contributed by atoms with E-state index < -0.39 is 6.10 Å². The van der Waals surface area contributed by atoms with E-state index in [2.05, 4.69) is 26.0 Å². The van der Waals surface area contributed by atoms with Crippen molar-refractivity contribution in [2.45, 2.75) is 19.4 Å². The van der Waals surface area contributed by atoms with Gasteiger partial charge in [-0.25, -0.2) is 4.68 Å². The fourth-order valence-corrected chi connectivity index (χ4v) is 2.34. The number of pyridine rings is 1. The summed E-state index contributed by atoms with van der Waals surface area (Å²) in [6.45, 7) is 1.86. The number of aliphatic hydroxyl groups is 1. The largest absolute Gasteiger partial charge is 0.481 e. The third-order valence-corrected chi connectivity index (χ3v) is 3.40. The monoisotopic (exact) mass is 325 g/mol. The first kappa shape index (κ1) is 14.0. The highest BCUT2D eigenvalue weighted by atomic mass is 79.9. The summed E-state index contributed by atoms with van der Waals surface area (Å²) in [6, 6.07) is 3.79. The molecule has 0 aromatic carbocycles. The predicted molar refractivity (Wildman–Crippen MR) is 75.1 cm³/mol. The molecule has 0 bridgehead atoms. The zero-order valence-corrected chi connectivity index (χ0v) is 12.7. The summed E-state index contributed by atoms with van der Waals surface area (Å²) in [5, 5.41) is 14.6. The van der Waals surface area contributed by atoms with E-state index in [1.807, 2.05) is 19.1 Å². The van der Waals surface area contributed by atoms with Crippen molar-refractivity contribution in [3.63, 3.8) is 0 Å². The van der Waals surface area contributed by atoms with Crippen molar-refractivity contribution < 1.29 is 9.84 Å². The van der Waals surface area contributed by atoms with Gasteiger partial charge in [-0.15, -0.1) is 0 Å². The van der Waals surface area contributed by atoms with Crippen LogP contribution in [0.25, 0.3) is 0 Å². The Hall–Kier alpha value is -1.40. The van der Waals surface area contributed by atoms with Crippen molar-refractivity contribution in [2.24, 2.45) is 7.05 Å². The summed E-state index contributed by atoms with van der Waals surface area (Å²) >= 11 is 3.34. The second-order valence-electron chi connectivity index (χ2n) is 4.32. The van der Waals surface area contributed by atoms with Crippen LogP contribution < -0.4 is 4.74 Å². The van der Waals surface area contributed by atoms with Crippen molar-refractivity contribution in [1.29, 1.82) is 0 Å². The molecule has 0 aliphatic heterocycles. The molecule has 5 nitrogen and oxygen atoms in total. The van der Waals surface area contributed by atoms with Crippen LogP contribution in [0.2, 0.25) is 0 Å². The highest BCUT2D eigenvalue weighted by Crippen LogP contribution is 2.29. The van der Waals surface area contributed by atoms with Gasteiger partial charge in [0.05, 0.1) is 24.5 Å². The Morgan fingerprint density at radius 3 is 2.79 bits per heavy atom. The Morgan fingerprint density at radius 2 is 2.21 bits per heavy atom. The van der Waals surface area contributed by atoms with E-state index in [1.54, 1.807) is 25.0 Å². The molecule has 102 valence electrons. The van der Waals surface area contributed by atoms with Crippen LogP contribution in [-0.4, -0.2) is 27.0 Å². The number of rotatable bonds is 4. The summed E-state index contributed by atoms with van der Waals surface area (Å²) in [4.78, 5) is 4.26. The van der Waals surface area contributed by atoms with Gasteiger partial charge >= 0.3 is 0 Å². The number of ether oxygens (including phenoxy) is 1. The van der Waals surface area contributed by atoms with Gasteiger partial charge in [0.15, 0.2) is 0 Å².